The van der Waals surface area contributed by atoms with Crippen LogP contribution in [0.5, 0.6) is 34.5 Å². The summed E-state index contributed by atoms with van der Waals surface area (Å²) in [6.45, 7) is 0. The SMILES string of the molecule is [O-]c1c(O)c(O)c(O)c(O)c1-c1ccccc1O. The van der Waals surface area contributed by atoms with Gasteiger partial charge in [0, 0.05) is 11.1 Å². The zero-order chi connectivity index (χ0) is 13.4. The lowest BCUT2D eigenvalue weighted by atomic mass is 10.0. The van der Waals surface area contributed by atoms with Crippen LogP contribution in [0, 0.1) is 0 Å². The largest absolute Gasteiger partial charge is 0.869 e. The third-order valence-corrected chi connectivity index (χ3v) is 2.53. The van der Waals surface area contributed by atoms with Gasteiger partial charge >= 0.3 is 0 Å². The van der Waals surface area contributed by atoms with Crippen LogP contribution in [-0.2, 0) is 0 Å². The van der Waals surface area contributed by atoms with Crippen molar-refractivity contribution in [2.75, 3.05) is 0 Å². The van der Waals surface area contributed by atoms with Gasteiger partial charge in [0.15, 0.2) is 11.5 Å². The molecule has 0 saturated heterocycles. The molecule has 2 rings (SSSR count). The number of hydrogen-bond acceptors (Lipinski definition) is 6. The van der Waals surface area contributed by atoms with Crippen molar-refractivity contribution in [3.63, 3.8) is 0 Å². The van der Waals surface area contributed by atoms with Gasteiger partial charge in [0.1, 0.15) is 5.75 Å². The maximum atomic E-state index is 11.7. The molecule has 2 aromatic rings. The van der Waals surface area contributed by atoms with Gasteiger partial charge in [0.25, 0.3) is 0 Å². The Morgan fingerprint density at radius 1 is 0.722 bits per heavy atom. The van der Waals surface area contributed by atoms with Gasteiger partial charge in [-0.05, 0) is 11.8 Å². The van der Waals surface area contributed by atoms with E-state index in [1.807, 2.05) is 0 Å². The number of para-hydroxylation sites is 1. The molecular weight excluding hydrogens is 240 g/mol. The molecule has 0 aliphatic heterocycles. The summed E-state index contributed by atoms with van der Waals surface area (Å²) in [5, 5.41) is 58.8. The minimum absolute atomic E-state index is 0.0643. The standard InChI is InChI=1S/C12H10O6/c13-6-4-2-1-3-5(6)7-8(14)10(16)12(18)11(17)9(7)15/h1-4,13-18H/p-1. The fourth-order valence-corrected chi connectivity index (χ4v) is 1.61. The molecule has 0 unspecified atom stereocenters. The number of aromatic hydroxyl groups is 5. The van der Waals surface area contributed by atoms with E-state index in [1.54, 1.807) is 0 Å². The molecule has 5 N–H and O–H groups in total. The first-order chi connectivity index (χ1) is 8.45. The Bertz CT molecular complexity index is 591. The van der Waals surface area contributed by atoms with Crippen LogP contribution in [0.25, 0.3) is 11.1 Å². The molecule has 0 radical (unpaired) electrons. The molecule has 0 aromatic heterocycles. The lowest BCUT2D eigenvalue weighted by Crippen LogP contribution is -1.96. The van der Waals surface area contributed by atoms with Crippen LogP contribution in [0.1, 0.15) is 0 Å². The van der Waals surface area contributed by atoms with Crippen LogP contribution < -0.4 is 5.11 Å². The van der Waals surface area contributed by atoms with Crippen LogP contribution in [0.2, 0.25) is 0 Å². The molecule has 0 aliphatic carbocycles. The molecule has 18 heavy (non-hydrogen) atoms. The molecule has 0 bridgehead atoms. The third-order valence-electron chi connectivity index (χ3n) is 2.53. The van der Waals surface area contributed by atoms with Gasteiger partial charge in [-0.3, -0.25) is 0 Å². The maximum Gasteiger partial charge on any atom is 0.204 e. The van der Waals surface area contributed by atoms with Crippen molar-refractivity contribution in [2.24, 2.45) is 0 Å². The lowest BCUT2D eigenvalue weighted by Gasteiger charge is -2.19. The van der Waals surface area contributed by atoms with E-state index in [0.717, 1.165) is 0 Å². The van der Waals surface area contributed by atoms with E-state index in [-0.39, 0.29) is 11.3 Å². The summed E-state index contributed by atoms with van der Waals surface area (Å²) >= 11 is 0. The molecule has 94 valence electrons. The van der Waals surface area contributed by atoms with Gasteiger partial charge < -0.3 is 30.6 Å². The van der Waals surface area contributed by atoms with Crippen molar-refractivity contribution in [1.82, 2.24) is 0 Å². The average molecular weight is 249 g/mol. The van der Waals surface area contributed by atoms with Crippen LogP contribution >= 0.6 is 0 Å². The highest BCUT2D eigenvalue weighted by Gasteiger charge is 2.20. The summed E-state index contributed by atoms with van der Waals surface area (Å²) in [6.07, 6.45) is 0. The van der Waals surface area contributed by atoms with Crippen molar-refractivity contribution in [3.8, 4) is 45.6 Å². The normalized spacial score (nSPS) is 10.4. The van der Waals surface area contributed by atoms with Gasteiger partial charge in [0.05, 0.1) is 0 Å². The topological polar surface area (TPSA) is 124 Å². The highest BCUT2D eigenvalue weighted by molar-refractivity contribution is 5.87. The minimum atomic E-state index is -1.10. The van der Waals surface area contributed by atoms with E-state index >= 15 is 0 Å². The molecule has 2 aromatic carbocycles. The molecule has 6 nitrogen and oxygen atoms in total. The van der Waals surface area contributed by atoms with Crippen molar-refractivity contribution in [2.45, 2.75) is 0 Å². The predicted molar refractivity (Wildman–Crippen MR) is 59.6 cm³/mol. The first kappa shape index (κ1) is 11.7. The monoisotopic (exact) mass is 249 g/mol. The Balaban J connectivity index is 2.85. The molecule has 0 fully saturated rings. The summed E-state index contributed by atoms with van der Waals surface area (Å²) in [4.78, 5) is 0. The Hall–Kier alpha value is -2.76. The van der Waals surface area contributed by atoms with Crippen LogP contribution in [0.3, 0.4) is 0 Å². The van der Waals surface area contributed by atoms with Gasteiger partial charge in [0.2, 0.25) is 11.5 Å². The molecular formula is C12H9O6-. The van der Waals surface area contributed by atoms with Crippen LogP contribution in [0.4, 0.5) is 0 Å². The average Bonchev–Trinajstić information content (AvgIpc) is 2.36. The maximum absolute atomic E-state index is 11.7. The summed E-state index contributed by atoms with van der Waals surface area (Å²) in [7, 11) is 0. The lowest BCUT2D eigenvalue weighted by molar-refractivity contribution is -0.269. The highest BCUT2D eigenvalue weighted by atomic mass is 16.4. The zero-order valence-corrected chi connectivity index (χ0v) is 8.95. The molecule has 0 aliphatic rings. The van der Waals surface area contributed by atoms with Gasteiger partial charge in [-0.2, -0.15) is 0 Å². The van der Waals surface area contributed by atoms with E-state index in [9.17, 15) is 30.6 Å². The Morgan fingerprint density at radius 2 is 1.28 bits per heavy atom. The summed E-state index contributed by atoms with van der Waals surface area (Å²) in [5.74, 6) is -5.53. The van der Waals surface area contributed by atoms with E-state index in [0.29, 0.717) is 0 Å². The van der Waals surface area contributed by atoms with Crippen molar-refractivity contribution >= 4 is 0 Å². The molecule has 0 saturated carbocycles. The van der Waals surface area contributed by atoms with Gasteiger partial charge in [-0.15, -0.1) is 0 Å². The Kier molecular flexibility index (Phi) is 2.55. The van der Waals surface area contributed by atoms with Crippen LogP contribution in [-0.4, -0.2) is 25.5 Å². The van der Waals surface area contributed by atoms with E-state index in [4.69, 9.17) is 0 Å². The van der Waals surface area contributed by atoms with Crippen molar-refractivity contribution in [3.05, 3.63) is 24.3 Å². The molecule has 0 spiro atoms. The third kappa shape index (κ3) is 1.51. The quantitative estimate of drug-likeness (QED) is 0.378. The molecule has 0 atom stereocenters. The Morgan fingerprint density at radius 3 is 1.89 bits per heavy atom. The zero-order valence-electron chi connectivity index (χ0n) is 8.95. The van der Waals surface area contributed by atoms with Crippen molar-refractivity contribution in [1.29, 1.82) is 0 Å². The summed E-state index contributed by atoms with van der Waals surface area (Å²) in [5.41, 5.74) is -0.550. The minimum Gasteiger partial charge on any atom is -0.869 e. The number of hydrogen-bond donors (Lipinski definition) is 5. The van der Waals surface area contributed by atoms with E-state index in [1.165, 1.54) is 24.3 Å². The summed E-state index contributed by atoms with van der Waals surface area (Å²) < 4.78 is 0. The Labute approximate surface area is 101 Å². The van der Waals surface area contributed by atoms with Crippen molar-refractivity contribution < 1.29 is 30.6 Å². The highest BCUT2D eigenvalue weighted by Crippen LogP contribution is 2.54. The number of rotatable bonds is 1. The molecule has 0 amide bonds. The van der Waals surface area contributed by atoms with Gasteiger partial charge in [-0.1, -0.05) is 18.2 Å². The van der Waals surface area contributed by atoms with Gasteiger partial charge in [-0.25, -0.2) is 0 Å². The second-order valence-electron chi connectivity index (χ2n) is 3.62. The first-order valence-corrected chi connectivity index (χ1v) is 4.90. The smallest absolute Gasteiger partial charge is 0.204 e. The first-order valence-electron chi connectivity index (χ1n) is 4.90. The summed E-state index contributed by atoms with van der Waals surface area (Å²) in [6, 6.07) is 5.59. The fourth-order valence-electron chi connectivity index (χ4n) is 1.61. The van der Waals surface area contributed by atoms with E-state index < -0.39 is 34.3 Å². The molecule has 6 heteroatoms. The second kappa shape index (κ2) is 3.92. The van der Waals surface area contributed by atoms with Crippen LogP contribution in [0.15, 0.2) is 24.3 Å². The second-order valence-corrected chi connectivity index (χ2v) is 3.62. The molecule has 0 heterocycles. The predicted octanol–water partition coefficient (Wildman–Crippen LogP) is 0.955. The fraction of sp³-hybridized carbons (Fsp3) is 0. The number of benzene rings is 2. The number of phenols is 5. The number of phenolic OH excluding ortho intramolecular Hbond substituents is 5. The van der Waals surface area contributed by atoms with E-state index in [2.05, 4.69) is 0 Å².